The van der Waals surface area contributed by atoms with E-state index in [4.69, 9.17) is 11.6 Å². The summed E-state index contributed by atoms with van der Waals surface area (Å²) in [4.78, 5) is 18.2. The van der Waals surface area contributed by atoms with Crippen molar-refractivity contribution >= 4 is 17.6 Å². The van der Waals surface area contributed by atoms with Crippen molar-refractivity contribution in [1.82, 2.24) is 15.2 Å². The number of halogens is 1. The fourth-order valence-corrected chi connectivity index (χ4v) is 2.99. The molecule has 1 unspecified atom stereocenters. The minimum absolute atomic E-state index is 0.0903. The molecule has 2 aromatic rings. The molecule has 6 heteroatoms. The summed E-state index contributed by atoms with van der Waals surface area (Å²) >= 11 is 5.75. The van der Waals surface area contributed by atoms with Gasteiger partial charge in [-0.15, -0.1) is 0 Å². The molecule has 2 heterocycles. The maximum atomic E-state index is 12.5. The maximum Gasteiger partial charge on any atom is 0.318 e. The van der Waals surface area contributed by atoms with Gasteiger partial charge in [0.15, 0.2) is 0 Å². The number of benzene rings is 1. The lowest BCUT2D eigenvalue weighted by Crippen LogP contribution is -2.46. The maximum absolute atomic E-state index is 12.5. The summed E-state index contributed by atoms with van der Waals surface area (Å²) in [6.45, 7) is 0.874. The number of pyridine rings is 1. The zero-order valence-electron chi connectivity index (χ0n) is 12.6. The molecule has 0 saturated carbocycles. The van der Waals surface area contributed by atoms with Gasteiger partial charge in [0, 0.05) is 19.3 Å². The minimum atomic E-state index is -0.303. The molecule has 1 aromatic heterocycles. The Balaban J connectivity index is 1.68. The third kappa shape index (κ3) is 3.46. The molecule has 1 aliphatic rings. The SMILES string of the molecule is O=C(NCc1ccc(Cl)nc1)N1CCc2ccccc2C1CO. The highest BCUT2D eigenvalue weighted by Gasteiger charge is 2.29. The van der Waals surface area contributed by atoms with E-state index in [-0.39, 0.29) is 18.7 Å². The Bertz CT molecular complexity index is 690. The number of carbonyl (C=O) groups excluding carboxylic acids is 1. The van der Waals surface area contributed by atoms with Crippen molar-refractivity contribution in [1.29, 1.82) is 0 Å². The molecule has 0 radical (unpaired) electrons. The number of hydrogen-bond acceptors (Lipinski definition) is 3. The highest BCUT2D eigenvalue weighted by Crippen LogP contribution is 2.29. The van der Waals surface area contributed by atoms with Gasteiger partial charge in [-0.2, -0.15) is 0 Å². The smallest absolute Gasteiger partial charge is 0.318 e. The van der Waals surface area contributed by atoms with E-state index in [2.05, 4.69) is 10.3 Å². The predicted octanol–water partition coefficient (Wildman–Crippen LogP) is 2.54. The van der Waals surface area contributed by atoms with Crippen LogP contribution in [-0.4, -0.2) is 34.2 Å². The number of fused-ring (bicyclic) bond motifs is 1. The topological polar surface area (TPSA) is 65.5 Å². The molecule has 1 aliphatic heterocycles. The number of amides is 2. The molecule has 1 aromatic carbocycles. The van der Waals surface area contributed by atoms with Gasteiger partial charge in [-0.05, 0) is 29.2 Å². The quantitative estimate of drug-likeness (QED) is 0.849. The van der Waals surface area contributed by atoms with Gasteiger partial charge in [0.2, 0.25) is 0 Å². The number of rotatable bonds is 3. The largest absolute Gasteiger partial charge is 0.394 e. The second-order valence-electron chi connectivity index (χ2n) is 5.49. The van der Waals surface area contributed by atoms with Gasteiger partial charge in [0.25, 0.3) is 0 Å². The van der Waals surface area contributed by atoms with Gasteiger partial charge >= 0.3 is 6.03 Å². The molecule has 5 nitrogen and oxygen atoms in total. The van der Waals surface area contributed by atoms with E-state index in [0.717, 1.165) is 17.5 Å². The fraction of sp³-hybridized carbons (Fsp3) is 0.294. The summed E-state index contributed by atoms with van der Waals surface area (Å²) in [7, 11) is 0. The lowest BCUT2D eigenvalue weighted by Gasteiger charge is -2.36. The van der Waals surface area contributed by atoms with E-state index >= 15 is 0 Å². The van der Waals surface area contributed by atoms with E-state index < -0.39 is 0 Å². The first-order chi connectivity index (χ1) is 11.2. The molecule has 0 aliphatic carbocycles. The Hall–Kier alpha value is -2.11. The van der Waals surface area contributed by atoms with Crippen molar-refractivity contribution in [2.45, 2.75) is 19.0 Å². The van der Waals surface area contributed by atoms with E-state index in [1.165, 1.54) is 5.56 Å². The zero-order chi connectivity index (χ0) is 16.2. The predicted molar refractivity (Wildman–Crippen MR) is 88.2 cm³/mol. The van der Waals surface area contributed by atoms with Crippen LogP contribution in [0.3, 0.4) is 0 Å². The average molecular weight is 332 g/mol. The summed E-state index contributed by atoms with van der Waals surface area (Å²) in [5.41, 5.74) is 3.09. The average Bonchev–Trinajstić information content (AvgIpc) is 2.60. The van der Waals surface area contributed by atoms with Crippen LogP contribution >= 0.6 is 11.6 Å². The molecule has 1 atom stereocenters. The van der Waals surface area contributed by atoms with E-state index in [1.54, 1.807) is 17.2 Å². The van der Waals surface area contributed by atoms with Crippen molar-refractivity contribution in [3.05, 3.63) is 64.4 Å². The third-order valence-electron chi connectivity index (χ3n) is 4.08. The molecular formula is C17H18ClN3O2. The van der Waals surface area contributed by atoms with Gasteiger partial charge in [0.05, 0.1) is 12.6 Å². The third-order valence-corrected chi connectivity index (χ3v) is 4.30. The van der Waals surface area contributed by atoms with Crippen LogP contribution < -0.4 is 5.32 Å². The summed E-state index contributed by atoms with van der Waals surface area (Å²) in [6.07, 6.45) is 2.43. The molecule has 0 fully saturated rings. The van der Waals surface area contributed by atoms with Crippen molar-refractivity contribution in [3.63, 3.8) is 0 Å². The second-order valence-corrected chi connectivity index (χ2v) is 5.88. The van der Waals surface area contributed by atoms with Gasteiger partial charge in [-0.25, -0.2) is 9.78 Å². The van der Waals surface area contributed by atoms with Crippen molar-refractivity contribution in [2.75, 3.05) is 13.2 Å². The number of nitrogens with zero attached hydrogens (tertiary/aromatic N) is 2. The summed E-state index contributed by atoms with van der Waals surface area (Å²) < 4.78 is 0. The lowest BCUT2D eigenvalue weighted by atomic mass is 9.93. The Kier molecular flexibility index (Phi) is 4.79. The van der Waals surface area contributed by atoms with Crippen LogP contribution in [0.15, 0.2) is 42.6 Å². The van der Waals surface area contributed by atoms with Gasteiger partial charge in [-0.3, -0.25) is 0 Å². The molecule has 0 saturated heterocycles. The Labute approximate surface area is 139 Å². The highest BCUT2D eigenvalue weighted by molar-refractivity contribution is 6.29. The molecular weight excluding hydrogens is 314 g/mol. The van der Waals surface area contributed by atoms with E-state index in [9.17, 15) is 9.90 Å². The first-order valence-electron chi connectivity index (χ1n) is 7.52. The van der Waals surface area contributed by atoms with Crippen LogP contribution in [0, 0.1) is 0 Å². The molecule has 0 spiro atoms. The fourth-order valence-electron chi connectivity index (χ4n) is 2.88. The van der Waals surface area contributed by atoms with Crippen LogP contribution in [0.5, 0.6) is 0 Å². The molecule has 0 bridgehead atoms. The zero-order valence-corrected chi connectivity index (χ0v) is 13.3. The number of urea groups is 1. The summed E-state index contributed by atoms with van der Waals surface area (Å²) in [5, 5.41) is 13.0. The van der Waals surface area contributed by atoms with Gasteiger partial charge in [0.1, 0.15) is 5.15 Å². The Morgan fingerprint density at radius 2 is 2.17 bits per heavy atom. The van der Waals surface area contributed by atoms with Crippen molar-refractivity contribution < 1.29 is 9.90 Å². The first kappa shape index (κ1) is 15.8. The number of aromatic nitrogens is 1. The number of carbonyl (C=O) groups is 1. The van der Waals surface area contributed by atoms with Crippen LogP contribution in [-0.2, 0) is 13.0 Å². The molecule has 120 valence electrons. The minimum Gasteiger partial charge on any atom is -0.394 e. The highest BCUT2D eigenvalue weighted by atomic mass is 35.5. The molecule has 23 heavy (non-hydrogen) atoms. The molecule has 2 amide bonds. The number of aliphatic hydroxyl groups excluding tert-OH is 1. The Morgan fingerprint density at radius 1 is 1.35 bits per heavy atom. The van der Waals surface area contributed by atoms with Gasteiger partial charge < -0.3 is 15.3 Å². The van der Waals surface area contributed by atoms with Crippen LogP contribution in [0.4, 0.5) is 4.79 Å². The van der Waals surface area contributed by atoms with E-state index in [1.807, 2.05) is 30.3 Å². The first-order valence-corrected chi connectivity index (χ1v) is 7.90. The normalized spacial score (nSPS) is 16.8. The lowest BCUT2D eigenvalue weighted by molar-refractivity contribution is 0.126. The second kappa shape index (κ2) is 6.98. The van der Waals surface area contributed by atoms with Crippen LogP contribution in [0.25, 0.3) is 0 Å². The number of hydrogen-bond donors (Lipinski definition) is 2. The number of aliphatic hydroxyl groups is 1. The van der Waals surface area contributed by atoms with Gasteiger partial charge in [-0.1, -0.05) is 41.9 Å². The van der Waals surface area contributed by atoms with Crippen LogP contribution in [0.1, 0.15) is 22.7 Å². The Morgan fingerprint density at radius 3 is 2.91 bits per heavy atom. The monoisotopic (exact) mass is 331 g/mol. The van der Waals surface area contributed by atoms with Crippen molar-refractivity contribution in [2.24, 2.45) is 0 Å². The molecule has 2 N–H and O–H groups in total. The summed E-state index contributed by atoms with van der Waals surface area (Å²) in [5.74, 6) is 0. The summed E-state index contributed by atoms with van der Waals surface area (Å²) in [6, 6.07) is 11.0. The molecule has 3 rings (SSSR count). The van der Waals surface area contributed by atoms with Crippen molar-refractivity contribution in [3.8, 4) is 0 Å². The van der Waals surface area contributed by atoms with Crippen LogP contribution in [0.2, 0.25) is 5.15 Å². The number of nitrogens with one attached hydrogen (secondary N) is 1. The standard InChI is InChI=1S/C17H18ClN3O2/c18-16-6-5-12(9-19-16)10-20-17(23)21-8-7-13-3-1-2-4-14(13)15(21)11-22/h1-6,9,15,22H,7-8,10-11H2,(H,20,23). The van der Waals surface area contributed by atoms with E-state index in [0.29, 0.717) is 18.2 Å².